The number of nitrogens with zero attached hydrogens (tertiary/aromatic N) is 3. The van der Waals surface area contributed by atoms with E-state index in [1.165, 1.54) is 12.8 Å². The maximum Gasteiger partial charge on any atom is 0.172 e. The number of nitrogens with one attached hydrogen (secondary N) is 2. The van der Waals surface area contributed by atoms with Crippen molar-refractivity contribution in [2.24, 2.45) is 0 Å². The zero-order valence-corrected chi connectivity index (χ0v) is 12.1. The Hall–Kier alpha value is -1.88. The van der Waals surface area contributed by atoms with E-state index in [1.807, 2.05) is 31.3 Å². The number of fused-ring (bicyclic) bond motifs is 1. The van der Waals surface area contributed by atoms with Crippen molar-refractivity contribution in [2.45, 2.75) is 18.9 Å². The Bertz CT molecular complexity index is 592. The van der Waals surface area contributed by atoms with Gasteiger partial charge in [-0.05, 0) is 31.5 Å². The Morgan fingerprint density at radius 2 is 2.00 bits per heavy atom. The lowest BCUT2D eigenvalue weighted by atomic mass is 10.1. The number of piperidine rings is 1. The molecule has 1 unspecified atom stereocenters. The first-order valence-electron chi connectivity index (χ1n) is 7.17. The summed E-state index contributed by atoms with van der Waals surface area (Å²) in [6.45, 7) is 2.13. The first-order valence-corrected chi connectivity index (χ1v) is 7.17. The van der Waals surface area contributed by atoms with Gasteiger partial charge in [-0.2, -0.15) is 0 Å². The summed E-state index contributed by atoms with van der Waals surface area (Å²) in [5.41, 5.74) is 1.87. The fourth-order valence-electron chi connectivity index (χ4n) is 2.74. The minimum atomic E-state index is 0.478. The van der Waals surface area contributed by atoms with Gasteiger partial charge in [-0.25, -0.2) is 9.97 Å². The van der Waals surface area contributed by atoms with Crippen molar-refractivity contribution < 1.29 is 0 Å². The molecule has 0 spiro atoms. The number of rotatable bonds is 3. The van der Waals surface area contributed by atoms with Gasteiger partial charge in [0, 0.05) is 26.7 Å². The van der Waals surface area contributed by atoms with E-state index >= 15 is 0 Å². The van der Waals surface area contributed by atoms with Crippen LogP contribution in [0.15, 0.2) is 24.3 Å². The molecule has 0 saturated carbocycles. The molecular formula is C15H21N5. The predicted octanol–water partition coefficient (Wildman–Crippen LogP) is 1.86. The highest BCUT2D eigenvalue weighted by Gasteiger charge is 2.21. The largest absolute Gasteiger partial charge is 0.370 e. The summed E-state index contributed by atoms with van der Waals surface area (Å²) in [6, 6.07) is 8.48. The van der Waals surface area contributed by atoms with Crippen LogP contribution >= 0.6 is 0 Å². The van der Waals surface area contributed by atoms with Crippen molar-refractivity contribution >= 4 is 22.7 Å². The highest BCUT2D eigenvalue weighted by atomic mass is 15.2. The molecule has 1 saturated heterocycles. The molecule has 2 heterocycles. The van der Waals surface area contributed by atoms with E-state index in [0.29, 0.717) is 6.04 Å². The lowest BCUT2D eigenvalue weighted by Gasteiger charge is -2.33. The lowest BCUT2D eigenvalue weighted by molar-refractivity contribution is 0.443. The van der Waals surface area contributed by atoms with Gasteiger partial charge in [0.05, 0.1) is 11.0 Å². The topological polar surface area (TPSA) is 53.1 Å². The number of likely N-dealkylation sites (N-methyl/N-ethyl adjacent to an activating group) is 1. The van der Waals surface area contributed by atoms with Gasteiger partial charge in [0.1, 0.15) is 0 Å². The molecule has 1 aromatic heterocycles. The van der Waals surface area contributed by atoms with E-state index in [9.17, 15) is 0 Å². The second-order valence-corrected chi connectivity index (χ2v) is 5.25. The van der Waals surface area contributed by atoms with Crippen molar-refractivity contribution in [2.75, 3.05) is 37.4 Å². The predicted molar refractivity (Wildman–Crippen MR) is 83.4 cm³/mol. The van der Waals surface area contributed by atoms with Gasteiger partial charge in [-0.15, -0.1) is 0 Å². The van der Waals surface area contributed by atoms with Crippen LogP contribution in [0.1, 0.15) is 12.8 Å². The summed E-state index contributed by atoms with van der Waals surface area (Å²) in [6.07, 6.45) is 2.41. The van der Waals surface area contributed by atoms with E-state index < -0.39 is 0 Å². The van der Waals surface area contributed by atoms with Crippen LogP contribution in [0.5, 0.6) is 0 Å². The summed E-state index contributed by atoms with van der Waals surface area (Å²) in [5, 5.41) is 6.62. The number of anilines is 2. The summed E-state index contributed by atoms with van der Waals surface area (Å²) < 4.78 is 0. The maximum absolute atomic E-state index is 4.79. The monoisotopic (exact) mass is 271 g/mol. The van der Waals surface area contributed by atoms with Gasteiger partial charge in [0.2, 0.25) is 0 Å². The summed E-state index contributed by atoms with van der Waals surface area (Å²) in [4.78, 5) is 11.7. The first kappa shape index (κ1) is 13.1. The number of para-hydroxylation sites is 2. The van der Waals surface area contributed by atoms with Crippen LogP contribution < -0.4 is 15.5 Å². The number of hydrogen-bond acceptors (Lipinski definition) is 5. The van der Waals surface area contributed by atoms with Crippen molar-refractivity contribution in [3.63, 3.8) is 0 Å². The van der Waals surface area contributed by atoms with Gasteiger partial charge in [-0.3, -0.25) is 0 Å². The fraction of sp³-hybridized carbons (Fsp3) is 0.467. The minimum absolute atomic E-state index is 0.478. The molecule has 5 nitrogen and oxygen atoms in total. The van der Waals surface area contributed by atoms with Crippen LogP contribution in [0, 0.1) is 0 Å². The molecular weight excluding hydrogens is 250 g/mol. The third-order valence-electron chi connectivity index (χ3n) is 3.94. The normalized spacial score (nSPS) is 19.0. The van der Waals surface area contributed by atoms with Gasteiger partial charge >= 0.3 is 0 Å². The van der Waals surface area contributed by atoms with Crippen molar-refractivity contribution in [3.05, 3.63) is 24.3 Å². The van der Waals surface area contributed by atoms with E-state index in [0.717, 1.165) is 35.8 Å². The zero-order valence-electron chi connectivity index (χ0n) is 12.1. The molecule has 0 aliphatic carbocycles. The van der Waals surface area contributed by atoms with E-state index in [1.54, 1.807) is 0 Å². The lowest BCUT2D eigenvalue weighted by Crippen LogP contribution is -2.44. The second kappa shape index (κ2) is 5.63. The molecule has 1 atom stereocenters. The van der Waals surface area contributed by atoms with Crippen LogP contribution in [-0.4, -0.2) is 43.2 Å². The number of hydrogen-bond donors (Lipinski definition) is 2. The molecule has 3 rings (SSSR count). The van der Waals surface area contributed by atoms with Crippen LogP contribution in [-0.2, 0) is 0 Å². The molecule has 2 aromatic rings. The molecule has 5 heteroatoms. The van der Waals surface area contributed by atoms with Crippen molar-refractivity contribution in [1.29, 1.82) is 0 Å². The summed E-state index contributed by atoms with van der Waals surface area (Å²) in [5.74, 6) is 1.77. The van der Waals surface area contributed by atoms with Crippen LogP contribution in [0.2, 0.25) is 0 Å². The first-order chi connectivity index (χ1) is 9.79. The Kier molecular flexibility index (Phi) is 3.69. The average Bonchev–Trinajstić information content (AvgIpc) is 2.53. The molecule has 1 aromatic carbocycles. The zero-order chi connectivity index (χ0) is 13.9. The van der Waals surface area contributed by atoms with Crippen LogP contribution in [0.25, 0.3) is 11.0 Å². The Morgan fingerprint density at radius 1 is 1.25 bits per heavy atom. The fourth-order valence-corrected chi connectivity index (χ4v) is 2.74. The van der Waals surface area contributed by atoms with Crippen LogP contribution in [0.3, 0.4) is 0 Å². The third-order valence-corrected chi connectivity index (χ3v) is 3.94. The number of benzene rings is 1. The molecule has 0 amide bonds. The average molecular weight is 271 g/mol. The standard InChI is InChI=1S/C15H21N5/c1-16-14-15(20(2)11-6-5-9-17-10-11)19-13-8-4-3-7-12(13)18-14/h3-4,7-8,11,17H,5-6,9-10H2,1-2H3,(H,16,18). The van der Waals surface area contributed by atoms with E-state index in [-0.39, 0.29) is 0 Å². The second-order valence-electron chi connectivity index (χ2n) is 5.25. The molecule has 0 bridgehead atoms. The Balaban J connectivity index is 1.99. The molecule has 20 heavy (non-hydrogen) atoms. The Morgan fingerprint density at radius 3 is 2.65 bits per heavy atom. The highest BCUT2D eigenvalue weighted by Crippen LogP contribution is 2.26. The van der Waals surface area contributed by atoms with Gasteiger partial charge in [0.15, 0.2) is 11.6 Å². The summed E-state index contributed by atoms with van der Waals surface area (Å²) in [7, 11) is 4.01. The van der Waals surface area contributed by atoms with Crippen molar-refractivity contribution in [3.8, 4) is 0 Å². The maximum atomic E-state index is 4.79. The van der Waals surface area contributed by atoms with Gasteiger partial charge in [0.25, 0.3) is 0 Å². The third kappa shape index (κ3) is 2.41. The smallest absolute Gasteiger partial charge is 0.172 e. The van der Waals surface area contributed by atoms with Crippen molar-refractivity contribution in [1.82, 2.24) is 15.3 Å². The quantitative estimate of drug-likeness (QED) is 0.892. The molecule has 1 aliphatic heterocycles. The highest BCUT2D eigenvalue weighted by molar-refractivity contribution is 5.80. The molecule has 2 N–H and O–H groups in total. The van der Waals surface area contributed by atoms with E-state index in [4.69, 9.17) is 4.98 Å². The SMILES string of the molecule is CNc1nc2ccccc2nc1N(C)C1CCCNC1. The molecule has 1 aliphatic rings. The van der Waals surface area contributed by atoms with Crippen LogP contribution in [0.4, 0.5) is 11.6 Å². The van der Waals surface area contributed by atoms with Gasteiger partial charge < -0.3 is 15.5 Å². The summed E-state index contributed by atoms with van der Waals surface area (Å²) >= 11 is 0. The van der Waals surface area contributed by atoms with Gasteiger partial charge in [-0.1, -0.05) is 12.1 Å². The number of aromatic nitrogens is 2. The molecule has 106 valence electrons. The Labute approximate surface area is 119 Å². The van der Waals surface area contributed by atoms with E-state index in [2.05, 4.69) is 27.6 Å². The molecule has 1 fully saturated rings. The minimum Gasteiger partial charge on any atom is -0.370 e. The molecule has 0 radical (unpaired) electrons.